The fourth-order valence-electron chi connectivity index (χ4n) is 2.93. The lowest BCUT2D eigenvalue weighted by atomic mass is 10.1. The highest BCUT2D eigenvalue weighted by molar-refractivity contribution is 7.92. The van der Waals surface area contributed by atoms with E-state index in [0.717, 1.165) is 24.3 Å². The Morgan fingerprint density at radius 1 is 1.00 bits per heavy atom. The van der Waals surface area contributed by atoms with Gasteiger partial charge < -0.3 is 10.1 Å². The van der Waals surface area contributed by atoms with Gasteiger partial charge in [-0.05, 0) is 61.0 Å². The fraction of sp³-hybridized carbons (Fsp3) is 0.136. The monoisotopic (exact) mass is 498 g/mol. The Morgan fingerprint density at radius 2 is 1.73 bits per heavy atom. The van der Waals surface area contributed by atoms with Crippen molar-refractivity contribution in [3.8, 4) is 5.75 Å². The molecule has 0 aliphatic carbocycles. The number of sulfonamides is 1. The van der Waals surface area contributed by atoms with Gasteiger partial charge >= 0.3 is 6.18 Å². The Morgan fingerprint density at radius 3 is 2.36 bits per heavy atom. The van der Waals surface area contributed by atoms with E-state index < -0.39 is 27.7 Å². The van der Waals surface area contributed by atoms with Gasteiger partial charge in [-0.3, -0.25) is 9.52 Å². The maximum absolute atomic E-state index is 12.9. The van der Waals surface area contributed by atoms with Crippen LogP contribution in [0.3, 0.4) is 0 Å². The Balaban J connectivity index is 1.87. The molecule has 0 unspecified atom stereocenters. The third kappa shape index (κ3) is 5.77. The van der Waals surface area contributed by atoms with Gasteiger partial charge in [0.15, 0.2) is 0 Å². The minimum Gasteiger partial charge on any atom is -0.495 e. The van der Waals surface area contributed by atoms with Crippen LogP contribution in [0.4, 0.5) is 24.5 Å². The van der Waals surface area contributed by atoms with E-state index in [1.54, 1.807) is 6.92 Å². The number of halogens is 4. The number of carbonyl (C=O) groups is 1. The molecule has 0 aliphatic heterocycles. The van der Waals surface area contributed by atoms with Gasteiger partial charge in [0.05, 0.1) is 28.3 Å². The molecule has 0 aliphatic rings. The zero-order valence-corrected chi connectivity index (χ0v) is 18.9. The number of anilines is 2. The van der Waals surface area contributed by atoms with Gasteiger partial charge in [-0.1, -0.05) is 23.7 Å². The summed E-state index contributed by atoms with van der Waals surface area (Å²) < 4.78 is 71.8. The van der Waals surface area contributed by atoms with Crippen molar-refractivity contribution in [2.75, 3.05) is 17.1 Å². The van der Waals surface area contributed by atoms with Gasteiger partial charge in [-0.15, -0.1) is 0 Å². The van der Waals surface area contributed by atoms with Crippen LogP contribution < -0.4 is 14.8 Å². The van der Waals surface area contributed by atoms with Crippen LogP contribution in [0.15, 0.2) is 65.6 Å². The predicted molar refractivity (Wildman–Crippen MR) is 119 cm³/mol. The predicted octanol–water partition coefficient (Wildman–Crippen LogP) is 5.73. The minimum atomic E-state index is -4.57. The quantitative estimate of drug-likeness (QED) is 0.454. The third-order valence-electron chi connectivity index (χ3n) is 4.62. The van der Waals surface area contributed by atoms with Gasteiger partial charge in [-0.2, -0.15) is 13.2 Å². The van der Waals surface area contributed by atoms with Crippen molar-refractivity contribution in [2.45, 2.75) is 18.0 Å². The summed E-state index contributed by atoms with van der Waals surface area (Å²) in [5, 5.41) is 2.57. The molecular weight excluding hydrogens is 481 g/mol. The van der Waals surface area contributed by atoms with Gasteiger partial charge in [-0.25, -0.2) is 8.42 Å². The van der Waals surface area contributed by atoms with Crippen molar-refractivity contribution >= 4 is 38.9 Å². The summed E-state index contributed by atoms with van der Waals surface area (Å²) in [5.41, 5.74) is -0.394. The molecule has 3 aromatic carbocycles. The fourth-order valence-corrected chi connectivity index (χ4v) is 4.26. The molecule has 0 heterocycles. The third-order valence-corrected chi connectivity index (χ3v) is 6.29. The van der Waals surface area contributed by atoms with E-state index in [1.165, 1.54) is 43.5 Å². The maximum Gasteiger partial charge on any atom is 0.416 e. The lowest BCUT2D eigenvalue weighted by Crippen LogP contribution is -2.17. The topological polar surface area (TPSA) is 84.5 Å². The largest absolute Gasteiger partial charge is 0.495 e. The summed E-state index contributed by atoms with van der Waals surface area (Å²) in [6, 6.07) is 12.3. The van der Waals surface area contributed by atoms with Crippen molar-refractivity contribution in [2.24, 2.45) is 0 Å². The van der Waals surface area contributed by atoms with Crippen molar-refractivity contribution < 1.29 is 31.1 Å². The molecule has 0 radical (unpaired) electrons. The number of ether oxygens (including phenoxy) is 1. The molecule has 0 spiro atoms. The summed E-state index contributed by atoms with van der Waals surface area (Å²) >= 11 is 6.03. The van der Waals surface area contributed by atoms with Gasteiger partial charge in [0.25, 0.3) is 15.9 Å². The summed E-state index contributed by atoms with van der Waals surface area (Å²) in [6.45, 7) is 1.58. The number of nitrogens with one attached hydrogen (secondary N) is 2. The average molecular weight is 499 g/mol. The minimum absolute atomic E-state index is 0.0111. The van der Waals surface area contributed by atoms with Crippen LogP contribution in [0.25, 0.3) is 0 Å². The molecule has 0 atom stereocenters. The molecule has 3 aromatic rings. The second-order valence-electron chi connectivity index (χ2n) is 6.96. The summed E-state index contributed by atoms with van der Waals surface area (Å²) in [5.74, 6) is -0.389. The SMILES string of the molecule is COc1ccc(NS(=O)(=O)c2ccc(C)c(C(=O)Nc3cccc(C(F)(F)F)c3)c2)cc1Cl. The molecule has 6 nitrogen and oxygen atoms in total. The van der Waals surface area contributed by atoms with E-state index in [0.29, 0.717) is 11.3 Å². The van der Waals surface area contributed by atoms with E-state index in [4.69, 9.17) is 16.3 Å². The number of alkyl halides is 3. The van der Waals surface area contributed by atoms with Gasteiger partial charge in [0, 0.05) is 11.3 Å². The number of carbonyl (C=O) groups excluding carboxylic acids is 1. The molecule has 33 heavy (non-hydrogen) atoms. The Bertz CT molecular complexity index is 1310. The number of benzene rings is 3. The zero-order chi connectivity index (χ0) is 24.4. The highest BCUT2D eigenvalue weighted by atomic mass is 35.5. The van der Waals surface area contributed by atoms with Crippen LogP contribution in [0.2, 0.25) is 5.02 Å². The number of rotatable bonds is 6. The highest BCUT2D eigenvalue weighted by Crippen LogP contribution is 2.31. The molecule has 1 amide bonds. The first-order valence-corrected chi connectivity index (χ1v) is 11.2. The van der Waals surface area contributed by atoms with Crippen molar-refractivity contribution in [3.63, 3.8) is 0 Å². The second-order valence-corrected chi connectivity index (χ2v) is 9.05. The van der Waals surface area contributed by atoms with Crippen LogP contribution in [-0.2, 0) is 16.2 Å². The van der Waals surface area contributed by atoms with Crippen molar-refractivity contribution in [1.82, 2.24) is 0 Å². The normalized spacial score (nSPS) is 11.7. The summed E-state index contributed by atoms with van der Waals surface area (Å²) in [4.78, 5) is 12.5. The van der Waals surface area contributed by atoms with Crippen LogP contribution in [0.5, 0.6) is 5.75 Å². The number of methoxy groups -OCH3 is 1. The number of hydrogen-bond acceptors (Lipinski definition) is 4. The molecule has 0 aromatic heterocycles. The first-order valence-electron chi connectivity index (χ1n) is 9.36. The zero-order valence-electron chi connectivity index (χ0n) is 17.3. The average Bonchev–Trinajstić information content (AvgIpc) is 2.73. The summed E-state index contributed by atoms with van der Waals surface area (Å²) in [6.07, 6.45) is -4.57. The van der Waals surface area contributed by atoms with Crippen LogP contribution in [-0.4, -0.2) is 21.4 Å². The van der Waals surface area contributed by atoms with E-state index in [9.17, 15) is 26.4 Å². The first-order chi connectivity index (χ1) is 15.4. The van der Waals surface area contributed by atoms with Gasteiger partial charge in [0.2, 0.25) is 0 Å². The lowest BCUT2D eigenvalue weighted by Gasteiger charge is -2.13. The summed E-state index contributed by atoms with van der Waals surface area (Å²) in [7, 11) is -2.68. The molecule has 0 bridgehead atoms. The molecule has 174 valence electrons. The molecule has 0 saturated heterocycles. The number of aryl methyl sites for hydroxylation is 1. The van der Waals surface area contributed by atoms with Gasteiger partial charge in [0.1, 0.15) is 5.75 Å². The van der Waals surface area contributed by atoms with E-state index in [2.05, 4.69) is 10.0 Å². The Hall–Kier alpha value is -3.24. The molecule has 2 N–H and O–H groups in total. The highest BCUT2D eigenvalue weighted by Gasteiger charge is 2.30. The van der Waals surface area contributed by atoms with Crippen LogP contribution in [0.1, 0.15) is 21.5 Å². The Labute approximate surface area is 193 Å². The maximum atomic E-state index is 12.9. The molecule has 3 rings (SSSR count). The number of hydrogen-bond donors (Lipinski definition) is 2. The molecule has 0 saturated carbocycles. The van der Waals surface area contributed by atoms with Crippen LogP contribution in [0, 0.1) is 6.92 Å². The number of amides is 1. The Kier molecular flexibility index (Phi) is 6.89. The van der Waals surface area contributed by atoms with E-state index in [1.807, 2.05) is 0 Å². The van der Waals surface area contributed by atoms with Crippen molar-refractivity contribution in [1.29, 1.82) is 0 Å². The molecular formula is C22H18ClF3N2O4S. The van der Waals surface area contributed by atoms with E-state index in [-0.39, 0.29) is 26.9 Å². The lowest BCUT2D eigenvalue weighted by molar-refractivity contribution is -0.137. The molecule has 0 fully saturated rings. The van der Waals surface area contributed by atoms with Crippen molar-refractivity contribution in [3.05, 3.63) is 82.4 Å². The first kappa shape index (κ1) is 24.4. The van der Waals surface area contributed by atoms with Crippen LogP contribution >= 0.6 is 11.6 Å². The standard InChI is InChI=1S/C22H18ClF3N2O4S/c1-13-6-8-17(33(30,31)28-16-7-9-20(32-2)19(23)11-16)12-18(13)21(29)27-15-5-3-4-14(10-15)22(24,25)26/h3-12,28H,1-2H3,(H,27,29). The smallest absolute Gasteiger partial charge is 0.416 e. The van der Waals surface area contributed by atoms with E-state index >= 15 is 0 Å². The molecule has 11 heteroatoms. The second kappa shape index (κ2) is 9.32.